The summed E-state index contributed by atoms with van der Waals surface area (Å²) >= 11 is 0. The number of aromatic nitrogens is 1. The molecule has 1 aliphatic rings. The first-order chi connectivity index (χ1) is 9.84. The average Bonchev–Trinajstić information content (AvgIpc) is 2.53. The molecule has 0 aliphatic heterocycles. The third-order valence-electron chi connectivity index (χ3n) is 4.30. The zero-order valence-electron chi connectivity index (χ0n) is 12.0. The molecular formula is C18H22N2. The number of hydrogen-bond donors (Lipinski definition) is 1. The number of rotatable bonds is 4. The van der Waals surface area contributed by atoms with Gasteiger partial charge >= 0.3 is 0 Å². The quantitative estimate of drug-likeness (QED) is 0.909. The van der Waals surface area contributed by atoms with E-state index in [-0.39, 0.29) is 0 Å². The van der Waals surface area contributed by atoms with Gasteiger partial charge in [0.05, 0.1) is 5.69 Å². The van der Waals surface area contributed by atoms with Crippen molar-refractivity contribution >= 4 is 0 Å². The van der Waals surface area contributed by atoms with Crippen LogP contribution in [0.4, 0.5) is 0 Å². The molecule has 2 heteroatoms. The normalized spacial score (nSPS) is 19.4. The van der Waals surface area contributed by atoms with Gasteiger partial charge < -0.3 is 5.32 Å². The molecular weight excluding hydrogens is 244 g/mol. The Balaban J connectivity index is 1.65. The second-order valence-electron chi connectivity index (χ2n) is 5.67. The van der Waals surface area contributed by atoms with Gasteiger partial charge in [0.2, 0.25) is 0 Å². The lowest BCUT2D eigenvalue weighted by molar-refractivity contribution is 0.469. The van der Waals surface area contributed by atoms with Crippen molar-refractivity contribution in [2.45, 2.75) is 38.1 Å². The number of fused-ring (bicyclic) bond motifs is 1. The van der Waals surface area contributed by atoms with E-state index in [4.69, 9.17) is 0 Å². The van der Waals surface area contributed by atoms with Crippen molar-refractivity contribution in [3.63, 3.8) is 0 Å². The van der Waals surface area contributed by atoms with Crippen molar-refractivity contribution in [2.75, 3.05) is 6.54 Å². The molecule has 2 nitrogen and oxygen atoms in total. The molecule has 104 valence electrons. The number of benzene rings is 1. The molecule has 2 aromatic rings. The summed E-state index contributed by atoms with van der Waals surface area (Å²) in [4.78, 5) is 4.42. The van der Waals surface area contributed by atoms with Crippen molar-refractivity contribution < 1.29 is 0 Å². The molecule has 0 fully saturated rings. The van der Waals surface area contributed by atoms with Crippen LogP contribution in [-0.2, 0) is 6.42 Å². The van der Waals surface area contributed by atoms with E-state index < -0.39 is 0 Å². The van der Waals surface area contributed by atoms with Crippen LogP contribution in [0.1, 0.15) is 48.5 Å². The zero-order valence-corrected chi connectivity index (χ0v) is 12.0. The van der Waals surface area contributed by atoms with E-state index in [0.29, 0.717) is 12.0 Å². The summed E-state index contributed by atoms with van der Waals surface area (Å²) in [6.45, 7) is 3.23. The maximum Gasteiger partial charge on any atom is 0.0570 e. The molecule has 1 aromatic carbocycles. The van der Waals surface area contributed by atoms with Crippen molar-refractivity contribution in [1.82, 2.24) is 10.3 Å². The summed E-state index contributed by atoms with van der Waals surface area (Å²) in [5, 5.41) is 3.65. The molecule has 0 amide bonds. The monoisotopic (exact) mass is 266 g/mol. The minimum atomic E-state index is 0.310. The molecule has 0 radical (unpaired) electrons. The van der Waals surface area contributed by atoms with Gasteiger partial charge in [0.25, 0.3) is 0 Å². The standard InChI is InChI=1S/C18H22N2/c1-14(18-11-4-5-12-19-18)20-13-16-9-6-8-15-7-2-3-10-17(15)16/h2-5,7,10-12,14,16,20H,6,8-9,13H2,1H3. The molecule has 20 heavy (non-hydrogen) atoms. The molecule has 1 aliphatic carbocycles. The summed E-state index contributed by atoms with van der Waals surface area (Å²) in [6.07, 6.45) is 5.70. The second-order valence-corrected chi connectivity index (χ2v) is 5.67. The molecule has 0 bridgehead atoms. The van der Waals surface area contributed by atoms with Crippen LogP contribution in [0, 0.1) is 0 Å². The van der Waals surface area contributed by atoms with Crippen LogP contribution in [0.25, 0.3) is 0 Å². The highest BCUT2D eigenvalue weighted by atomic mass is 14.9. The summed E-state index contributed by atoms with van der Waals surface area (Å²) in [7, 11) is 0. The van der Waals surface area contributed by atoms with Crippen LogP contribution in [-0.4, -0.2) is 11.5 Å². The molecule has 1 N–H and O–H groups in total. The summed E-state index contributed by atoms with van der Waals surface area (Å²) in [6, 6.07) is 15.3. The highest BCUT2D eigenvalue weighted by molar-refractivity contribution is 5.32. The Hall–Kier alpha value is -1.67. The number of pyridine rings is 1. The third kappa shape index (κ3) is 2.91. The average molecular weight is 266 g/mol. The van der Waals surface area contributed by atoms with E-state index in [0.717, 1.165) is 12.2 Å². The Bertz CT molecular complexity index is 550. The molecule has 2 unspecified atom stereocenters. The molecule has 0 spiro atoms. The van der Waals surface area contributed by atoms with Crippen LogP contribution >= 0.6 is 0 Å². The zero-order chi connectivity index (χ0) is 13.8. The minimum Gasteiger partial charge on any atom is -0.308 e. The first-order valence-corrected chi connectivity index (χ1v) is 7.56. The number of aryl methyl sites for hydroxylation is 1. The first kappa shape index (κ1) is 13.3. The van der Waals surface area contributed by atoms with E-state index in [2.05, 4.69) is 53.6 Å². The van der Waals surface area contributed by atoms with Crippen LogP contribution in [0.3, 0.4) is 0 Å². The third-order valence-corrected chi connectivity index (χ3v) is 4.30. The maximum absolute atomic E-state index is 4.42. The van der Waals surface area contributed by atoms with E-state index in [1.165, 1.54) is 24.8 Å². The summed E-state index contributed by atoms with van der Waals surface area (Å²) < 4.78 is 0. The highest BCUT2D eigenvalue weighted by Gasteiger charge is 2.20. The van der Waals surface area contributed by atoms with Gasteiger partial charge in [-0.1, -0.05) is 30.3 Å². The van der Waals surface area contributed by atoms with Gasteiger partial charge in [-0.15, -0.1) is 0 Å². The van der Waals surface area contributed by atoms with E-state index >= 15 is 0 Å². The Kier molecular flexibility index (Phi) is 4.12. The van der Waals surface area contributed by atoms with Gasteiger partial charge in [0.15, 0.2) is 0 Å². The van der Waals surface area contributed by atoms with Gasteiger partial charge in [-0.05, 0) is 55.4 Å². The lowest BCUT2D eigenvalue weighted by Gasteiger charge is -2.27. The molecule has 0 saturated heterocycles. The molecule has 3 rings (SSSR count). The summed E-state index contributed by atoms with van der Waals surface area (Å²) in [5.41, 5.74) is 4.20. The topological polar surface area (TPSA) is 24.9 Å². The number of nitrogens with zero attached hydrogens (tertiary/aromatic N) is 1. The van der Waals surface area contributed by atoms with Crippen molar-refractivity contribution in [1.29, 1.82) is 0 Å². The maximum atomic E-state index is 4.42. The van der Waals surface area contributed by atoms with Gasteiger partial charge in [-0.25, -0.2) is 0 Å². The Morgan fingerprint density at radius 1 is 1.20 bits per heavy atom. The van der Waals surface area contributed by atoms with Crippen LogP contribution in [0.5, 0.6) is 0 Å². The molecule has 0 saturated carbocycles. The first-order valence-electron chi connectivity index (χ1n) is 7.56. The van der Waals surface area contributed by atoms with Gasteiger partial charge in [0, 0.05) is 18.8 Å². The molecule has 1 aromatic heterocycles. The van der Waals surface area contributed by atoms with E-state index in [1.54, 1.807) is 5.56 Å². The Morgan fingerprint density at radius 2 is 2.05 bits per heavy atom. The van der Waals surface area contributed by atoms with Gasteiger partial charge in [-0.2, -0.15) is 0 Å². The predicted molar refractivity (Wildman–Crippen MR) is 82.8 cm³/mol. The summed E-state index contributed by atoms with van der Waals surface area (Å²) in [5.74, 6) is 0.645. The van der Waals surface area contributed by atoms with E-state index in [9.17, 15) is 0 Å². The Morgan fingerprint density at radius 3 is 2.90 bits per heavy atom. The smallest absolute Gasteiger partial charge is 0.0570 e. The van der Waals surface area contributed by atoms with Gasteiger partial charge in [0.1, 0.15) is 0 Å². The number of nitrogens with one attached hydrogen (secondary N) is 1. The lowest BCUT2D eigenvalue weighted by atomic mass is 9.83. The second kappa shape index (κ2) is 6.19. The predicted octanol–water partition coefficient (Wildman–Crippen LogP) is 3.85. The van der Waals surface area contributed by atoms with Crippen molar-refractivity contribution in [2.24, 2.45) is 0 Å². The highest BCUT2D eigenvalue weighted by Crippen LogP contribution is 2.31. The number of hydrogen-bond acceptors (Lipinski definition) is 2. The molecule has 1 heterocycles. The molecule has 2 atom stereocenters. The SMILES string of the molecule is CC(NCC1CCCc2ccccc21)c1ccccn1. The van der Waals surface area contributed by atoms with Crippen molar-refractivity contribution in [3.8, 4) is 0 Å². The largest absolute Gasteiger partial charge is 0.308 e. The van der Waals surface area contributed by atoms with Crippen LogP contribution < -0.4 is 5.32 Å². The van der Waals surface area contributed by atoms with Crippen LogP contribution in [0.2, 0.25) is 0 Å². The fourth-order valence-corrected chi connectivity index (χ4v) is 3.12. The van der Waals surface area contributed by atoms with E-state index in [1.807, 2.05) is 12.3 Å². The fourth-order valence-electron chi connectivity index (χ4n) is 3.12. The lowest BCUT2D eigenvalue weighted by Crippen LogP contribution is -2.27. The van der Waals surface area contributed by atoms with Gasteiger partial charge in [-0.3, -0.25) is 4.98 Å². The minimum absolute atomic E-state index is 0.310. The Labute approximate surface area is 121 Å². The van der Waals surface area contributed by atoms with Crippen molar-refractivity contribution in [3.05, 3.63) is 65.5 Å². The fraction of sp³-hybridized carbons (Fsp3) is 0.389. The van der Waals surface area contributed by atoms with Crippen LogP contribution in [0.15, 0.2) is 48.7 Å².